The van der Waals surface area contributed by atoms with Gasteiger partial charge in [0.15, 0.2) is 21.3 Å². The molecule has 5 aromatic carbocycles. The van der Waals surface area contributed by atoms with Gasteiger partial charge in [0.05, 0.1) is 45.6 Å². The smallest absolute Gasteiger partial charge is 0.397 e. The minimum Gasteiger partial charge on any atom is -0.505 e. The summed E-state index contributed by atoms with van der Waals surface area (Å²) in [6.45, 7) is 2.79. The molecule has 0 spiro atoms. The SMILES string of the molecule is CC(=O)Nc1cc(N=Nc2c(O)cc(C(=O)O)c(N=Nc3ccc(N=Nc4ccc(C)cc4S(=O)(=O)O)c(NC(C)=O)c3)c2O)ccc1N=Nc1ccc(S(=O)(=O)CCOS(=O)(=O)O)cc1S(=O)(=O)O. The van der Waals surface area contributed by atoms with Gasteiger partial charge in [0, 0.05) is 13.8 Å². The maximum Gasteiger partial charge on any atom is 0.397 e. The summed E-state index contributed by atoms with van der Waals surface area (Å²) < 4.78 is 127. The largest absolute Gasteiger partial charge is 0.505 e. The Bertz CT molecular complexity index is 3550. The highest BCUT2D eigenvalue weighted by molar-refractivity contribution is 7.91. The monoisotopic (exact) mass is 1050 g/mol. The number of carbonyl (C=O) groups is 3. The second kappa shape index (κ2) is 21.2. The molecule has 0 unspecified atom stereocenters. The predicted molar refractivity (Wildman–Crippen MR) is 242 cm³/mol. The molecule has 0 saturated heterocycles. The van der Waals surface area contributed by atoms with Crippen molar-refractivity contribution in [3.8, 4) is 11.5 Å². The first kappa shape index (κ1) is 53.1. The molecule has 0 heterocycles. The van der Waals surface area contributed by atoms with Gasteiger partial charge in [-0.3, -0.25) is 23.2 Å². The molecule has 32 heteroatoms. The van der Waals surface area contributed by atoms with Crippen LogP contribution in [0.15, 0.2) is 134 Å². The number of aromatic carboxylic acids is 1. The molecule has 70 heavy (non-hydrogen) atoms. The lowest BCUT2D eigenvalue weighted by Gasteiger charge is -2.09. The number of nitrogens with one attached hydrogen (secondary N) is 2. The summed E-state index contributed by atoms with van der Waals surface area (Å²) in [5, 5.41) is 67.7. The first-order valence-corrected chi connectivity index (χ1v) is 24.8. The van der Waals surface area contributed by atoms with Crippen molar-refractivity contribution >= 4 is 115 Å². The highest BCUT2D eigenvalue weighted by Gasteiger charge is 2.25. The predicted octanol–water partition coefficient (Wildman–Crippen LogP) is 7.77. The number of nitrogens with zero attached hydrogens (tertiary/aromatic N) is 8. The molecule has 0 bridgehead atoms. The average Bonchev–Trinajstić information content (AvgIpc) is 3.23. The number of sulfone groups is 1. The zero-order valence-electron chi connectivity index (χ0n) is 35.7. The molecule has 2 amide bonds. The Balaban J connectivity index is 1.47. The lowest BCUT2D eigenvalue weighted by atomic mass is 10.1. The van der Waals surface area contributed by atoms with Gasteiger partial charge >= 0.3 is 16.4 Å². The summed E-state index contributed by atoms with van der Waals surface area (Å²) >= 11 is 0. The quantitative estimate of drug-likeness (QED) is 0.0307. The molecule has 0 aliphatic heterocycles. The second-order valence-corrected chi connectivity index (χ2v) is 20.0. The van der Waals surface area contributed by atoms with Crippen LogP contribution in [-0.2, 0) is 54.2 Å². The van der Waals surface area contributed by atoms with E-state index >= 15 is 0 Å². The van der Waals surface area contributed by atoms with Crippen LogP contribution in [0.5, 0.6) is 11.5 Å². The van der Waals surface area contributed by atoms with E-state index in [1.54, 1.807) is 6.92 Å². The number of hydrogen-bond acceptors (Lipinski definition) is 22. The number of hydrogen-bond donors (Lipinski definition) is 8. The number of anilines is 2. The van der Waals surface area contributed by atoms with Crippen LogP contribution in [0, 0.1) is 6.92 Å². The summed E-state index contributed by atoms with van der Waals surface area (Å²) in [4.78, 5) is 34.0. The van der Waals surface area contributed by atoms with Crippen LogP contribution in [0.3, 0.4) is 0 Å². The minimum absolute atomic E-state index is 0.0326. The number of carbonyl (C=O) groups excluding carboxylic acids is 2. The van der Waals surface area contributed by atoms with E-state index in [9.17, 15) is 72.5 Å². The van der Waals surface area contributed by atoms with Gasteiger partial charge in [-0.25, -0.2) is 17.4 Å². The summed E-state index contributed by atoms with van der Waals surface area (Å²) in [5.74, 6) is -5.94. The summed E-state index contributed by atoms with van der Waals surface area (Å²) in [7, 11) is -19.4. The van der Waals surface area contributed by atoms with Crippen LogP contribution >= 0.6 is 0 Å². The molecule has 5 rings (SSSR count). The van der Waals surface area contributed by atoms with Crippen LogP contribution in [-0.4, -0.2) is 92.8 Å². The molecule has 0 fully saturated rings. The lowest BCUT2D eigenvalue weighted by Crippen LogP contribution is -2.16. The number of phenols is 2. The van der Waals surface area contributed by atoms with Crippen molar-refractivity contribution in [1.82, 2.24) is 0 Å². The third kappa shape index (κ3) is 14.1. The van der Waals surface area contributed by atoms with Gasteiger partial charge < -0.3 is 26.0 Å². The van der Waals surface area contributed by atoms with E-state index in [-0.39, 0.29) is 39.8 Å². The van der Waals surface area contributed by atoms with E-state index in [2.05, 4.69) is 55.7 Å². The third-order valence-corrected chi connectivity index (χ3v) is 12.6. The standard InChI is InChI=1S/C38H34N10O18S4/c1-19-4-8-28(33(14-19)68(57,58)59)45-43-26-9-5-22(15-30(26)39-20(2)49)41-47-35-25(38(53)54)18-32(51)36(37(35)52)48-42-23-6-10-27(31(16-23)40-21(3)50)44-46-29-11-7-24(17-34(29)69(60,61)62)67(55,56)13-12-66-70(63,64)65/h4-11,14-18,51-52H,12-13H2,1-3H3,(H,39,49)(H,40,50)(H,53,54)(H,57,58,59)(H,60,61,62)(H,63,64,65). The van der Waals surface area contributed by atoms with Crippen molar-refractivity contribution < 1.29 is 81.2 Å². The van der Waals surface area contributed by atoms with Crippen LogP contribution in [0.2, 0.25) is 0 Å². The van der Waals surface area contributed by atoms with Gasteiger partial charge in [-0.15, -0.1) is 30.7 Å². The van der Waals surface area contributed by atoms with Crippen molar-refractivity contribution in [2.75, 3.05) is 23.0 Å². The molecule has 0 atom stereocenters. The van der Waals surface area contributed by atoms with E-state index < -0.39 is 119 Å². The van der Waals surface area contributed by atoms with Crippen LogP contribution in [0.4, 0.5) is 56.9 Å². The molecule has 0 radical (unpaired) electrons. The van der Waals surface area contributed by atoms with Gasteiger partial charge in [-0.1, -0.05) is 6.07 Å². The molecule has 0 aromatic heterocycles. The maximum absolute atomic E-state index is 12.7. The first-order chi connectivity index (χ1) is 32.5. The van der Waals surface area contributed by atoms with Gasteiger partial charge in [-0.2, -0.15) is 35.5 Å². The number of benzene rings is 5. The lowest BCUT2D eigenvalue weighted by molar-refractivity contribution is -0.115. The van der Waals surface area contributed by atoms with E-state index in [0.29, 0.717) is 17.7 Å². The van der Waals surface area contributed by atoms with Gasteiger partial charge in [-0.05, 0) is 85.3 Å². The molecule has 0 aliphatic carbocycles. The fourth-order valence-electron chi connectivity index (χ4n) is 5.61. The Morgan fingerprint density at radius 2 is 1.03 bits per heavy atom. The van der Waals surface area contributed by atoms with Crippen molar-refractivity contribution in [2.45, 2.75) is 35.5 Å². The second-order valence-electron chi connectivity index (χ2n) is 14.0. The average molecular weight is 1050 g/mol. The number of aromatic hydroxyl groups is 2. The van der Waals surface area contributed by atoms with E-state index in [1.807, 2.05) is 0 Å². The van der Waals surface area contributed by atoms with Gasteiger partial charge in [0.2, 0.25) is 11.8 Å². The number of phenolic OH excluding ortho intramolecular Hbond substituents is 2. The number of rotatable bonds is 18. The summed E-state index contributed by atoms with van der Waals surface area (Å²) in [6.07, 6.45) is 0. The zero-order chi connectivity index (χ0) is 51.9. The molecule has 0 aliphatic rings. The van der Waals surface area contributed by atoms with Gasteiger partial charge in [0.25, 0.3) is 20.2 Å². The molecule has 5 aromatic rings. The van der Waals surface area contributed by atoms with E-state index in [0.717, 1.165) is 32.0 Å². The molecular formula is C38H34N10O18S4. The summed E-state index contributed by atoms with van der Waals surface area (Å²) in [6, 6.07) is 14.1. The summed E-state index contributed by atoms with van der Waals surface area (Å²) in [5.41, 5.74) is -3.21. The molecule has 8 N–H and O–H groups in total. The fraction of sp³-hybridized carbons (Fsp3) is 0.132. The van der Waals surface area contributed by atoms with Gasteiger partial charge in [0.1, 0.15) is 44.0 Å². The molecular weight excluding hydrogens is 1010 g/mol. The number of amides is 2. The van der Waals surface area contributed by atoms with Crippen LogP contribution < -0.4 is 10.6 Å². The van der Waals surface area contributed by atoms with E-state index in [4.69, 9.17) is 4.55 Å². The Labute approximate surface area is 395 Å². The third-order valence-electron chi connectivity index (χ3n) is 8.65. The fourth-order valence-corrected chi connectivity index (χ4v) is 8.55. The Morgan fingerprint density at radius 3 is 1.50 bits per heavy atom. The number of aryl methyl sites for hydroxylation is 1. The number of azo groups is 4. The normalized spacial score (nSPS) is 12.6. The molecule has 0 saturated carbocycles. The highest BCUT2D eigenvalue weighted by atomic mass is 32.3. The minimum atomic E-state index is -5.20. The molecule has 368 valence electrons. The van der Waals surface area contributed by atoms with Crippen molar-refractivity contribution in [3.63, 3.8) is 0 Å². The number of carboxylic acids is 1. The van der Waals surface area contributed by atoms with Crippen molar-refractivity contribution in [2.24, 2.45) is 40.9 Å². The zero-order valence-corrected chi connectivity index (χ0v) is 39.0. The Morgan fingerprint density at radius 1 is 0.571 bits per heavy atom. The maximum atomic E-state index is 12.7. The van der Waals surface area contributed by atoms with E-state index in [1.165, 1.54) is 48.5 Å². The Kier molecular flexibility index (Phi) is 16.1. The van der Waals surface area contributed by atoms with Crippen LogP contribution in [0.1, 0.15) is 29.8 Å². The highest BCUT2D eigenvalue weighted by Crippen LogP contribution is 2.47. The van der Waals surface area contributed by atoms with Crippen molar-refractivity contribution in [1.29, 1.82) is 0 Å². The van der Waals surface area contributed by atoms with Crippen molar-refractivity contribution in [3.05, 3.63) is 90.0 Å². The topological polar surface area (TPSA) is 441 Å². The first-order valence-electron chi connectivity index (χ1n) is 18.9. The Hall–Kier alpha value is -7.85. The van der Waals surface area contributed by atoms with Crippen LogP contribution in [0.25, 0.3) is 0 Å². The molecule has 28 nitrogen and oxygen atoms in total. The number of carboxylic acid groups (broad SMARTS) is 1.